The lowest BCUT2D eigenvalue weighted by molar-refractivity contribution is -0.131. The maximum Gasteiger partial charge on any atom is 0.225 e. The van der Waals surface area contributed by atoms with Gasteiger partial charge in [-0.25, -0.2) is 0 Å². The minimum Gasteiger partial charge on any atom is -0.372 e. The van der Waals surface area contributed by atoms with Crippen molar-refractivity contribution in [2.24, 2.45) is 5.92 Å². The average Bonchev–Trinajstić information content (AvgIpc) is 3.08. The van der Waals surface area contributed by atoms with E-state index in [9.17, 15) is 9.90 Å². The lowest BCUT2D eigenvalue weighted by Crippen LogP contribution is -2.46. The summed E-state index contributed by atoms with van der Waals surface area (Å²) in [6.07, 6.45) is 5.43. The van der Waals surface area contributed by atoms with Crippen LogP contribution >= 0.6 is 0 Å². The van der Waals surface area contributed by atoms with E-state index in [1.165, 1.54) is 19.3 Å². The van der Waals surface area contributed by atoms with Crippen molar-refractivity contribution in [3.8, 4) is 0 Å². The van der Waals surface area contributed by atoms with Crippen LogP contribution in [0.1, 0.15) is 50.3 Å². The Morgan fingerprint density at radius 2 is 1.58 bits per heavy atom. The van der Waals surface area contributed by atoms with Gasteiger partial charge in [-0.05, 0) is 62.6 Å². The summed E-state index contributed by atoms with van der Waals surface area (Å²) in [5.41, 5.74) is 3.13. The first-order chi connectivity index (χ1) is 12.4. The van der Waals surface area contributed by atoms with Gasteiger partial charge in [-0.2, -0.15) is 0 Å². The Morgan fingerprint density at radius 3 is 2.08 bits per heavy atom. The number of nitrogens with one attached hydrogen (secondary N) is 1. The molecule has 3 nitrogen and oxygen atoms in total. The van der Waals surface area contributed by atoms with Crippen molar-refractivity contribution >= 4 is 5.91 Å². The molecule has 0 unspecified atom stereocenters. The van der Waals surface area contributed by atoms with Gasteiger partial charge in [0.05, 0.1) is 0 Å². The molecule has 0 heterocycles. The molecule has 0 radical (unpaired) electrons. The van der Waals surface area contributed by atoms with E-state index < -0.39 is 5.72 Å². The van der Waals surface area contributed by atoms with Crippen LogP contribution in [-0.2, 0) is 24.1 Å². The van der Waals surface area contributed by atoms with Crippen LogP contribution in [0, 0.1) is 5.92 Å². The smallest absolute Gasteiger partial charge is 0.225 e. The molecule has 0 saturated heterocycles. The van der Waals surface area contributed by atoms with Gasteiger partial charge in [0.25, 0.3) is 0 Å². The third-order valence-corrected chi connectivity index (χ3v) is 4.63. The molecular weight excluding hydrogens is 322 g/mol. The largest absolute Gasteiger partial charge is 0.372 e. The standard InChI is InChI=1S/C14H21NO2.C9H10/c1-4-12(13(16)15-14(2,3)17)10-11-8-6-5-7-9-11;1-2-5-9-7-3-6-8(9)4-1/h5-9,12,17H,4,10H2,1-3H3,(H,15,16);1-2,4-5H,3,6-7H2/t12-;/m0./s1. The molecule has 3 heteroatoms. The molecule has 0 spiro atoms. The third-order valence-electron chi connectivity index (χ3n) is 4.63. The van der Waals surface area contributed by atoms with E-state index in [4.69, 9.17) is 0 Å². The summed E-state index contributed by atoms with van der Waals surface area (Å²) < 4.78 is 0. The van der Waals surface area contributed by atoms with Crippen molar-refractivity contribution in [1.29, 1.82) is 0 Å². The second kappa shape index (κ2) is 9.54. The van der Waals surface area contributed by atoms with Crippen LogP contribution in [0.3, 0.4) is 0 Å². The van der Waals surface area contributed by atoms with Crippen LogP contribution in [0.15, 0.2) is 54.6 Å². The number of amides is 1. The molecule has 140 valence electrons. The number of rotatable bonds is 5. The molecule has 0 saturated carbocycles. The maximum absolute atomic E-state index is 11.9. The fraction of sp³-hybridized carbons (Fsp3) is 0.435. The number of carbonyl (C=O) groups is 1. The van der Waals surface area contributed by atoms with Gasteiger partial charge in [-0.1, -0.05) is 61.5 Å². The van der Waals surface area contributed by atoms with Crippen LogP contribution in [0.5, 0.6) is 0 Å². The summed E-state index contributed by atoms with van der Waals surface area (Å²) in [6, 6.07) is 18.7. The number of hydrogen-bond donors (Lipinski definition) is 2. The van der Waals surface area contributed by atoms with Crippen LogP contribution in [0.4, 0.5) is 0 Å². The molecule has 1 aliphatic carbocycles. The Hall–Kier alpha value is -2.13. The molecule has 2 aromatic rings. The van der Waals surface area contributed by atoms with E-state index in [2.05, 4.69) is 29.6 Å². The first-order valence-corrected chi connectivity index (χ1v) is 9.54. The van der Waals surface area contributed by atoms with Crippen LogP contribution < -0.4 is 5.32 Å². The van der Waals surface area contributed by atoms with E-state index in [0.717, 1.165) is 12.0 Å². The molecule has 1 atom stereocenters. The molecule has 1 amide bonds. The first-order valence-electron chi connectivity index (χ1n) is 9.54. The van der Waals surface area contributed by atoms with Crippen LogP contribution in [0.25, 0.3) is 0 Å². The number of carbonyl (C=O) groups excluding carboxylic acids is 1. The average molecular weight is 354 g/mol. The lowest BCUT2D eigenvalue weighted by Gasteiger charge is -2.23. The molecule has 0 fully saturated rings. The fourth-order valence-corrected chi connectivity index (χ4v) is 3.24. The van der Waals surface area contributed by atoms with Gasteiger partial charge < -0.3 is 10.4 Å². The number of aryl methyl sites for hydroxylation is 2. The van der Waals surface area contributed by atoms with E-state index in [-0.39, 0.29) is 11.8 Å². The molecule has 0 bridgehead atoms. The highest BCUT2D eigenvalue weighted by Crippen LogP contribution is 2.20. The third kappa shape index (κ3) is 6.64. The van der Waals surface area contributed by atoms with Gasteiger partial charge in [0.1, 0.15) is 5.72 Å². The fourth-order valence-electron chi connectivity index (χ4n) is 3.24. The maximum atomic E-state index is 11.9. The van der Waals surface area contributed by atoms with Crippen molar-refractivity contribution in [3.63, 3.8) is 0 Å². The minimum atomic E-state index is -1.15. The summed E-state index contributed by atoms with van der Waals surface area (Å²) in [7, 11) is 0. The molecule has 0 aliphatic heterocycles. The van der Waals surface area contributed by atoms with Gasteiger partial charge in [-0.15, -0.1) is 0 Å². The van der Waals surface area contributed by atoms with Crippen molar-refractivity contribution in [3.05, 3.63) is 71.3 Å². The highest BCUT2D eigenvalue weighted by molar-refractivity contribution is 5.79. The molecule has 0 aromatic heterocycles. The van der Waals surface area contributed by atoms with Crippen molar-refractivity contribution in [2.75, 3.05) is 0 Å². The van der Waals surface area contributed by atoms with Gasteiger partial charge in [-0.3, -0.25) is 4.79 Å². The molecule has 26 heavy (non-hydrogen) atoms. The Balaban J connectivity index is 0.000000223. The van der Waals surface area contributed by atoms with Gasteiger partial charge in [0.15, 0.2) is 0 Å². The SMILES string of the molecule is CC[C@@H](Cc1ccccc1)C(=O)NC(C)(C)O.c1ccc2c(c1)CCC2. The molecule has 1 aliphatic rings. The molecule has 3 rings (SSSR count). The second-order valence-electron chi connectivity index (χ2n) is 7.47. The highest BCUT2D eigenvalue weighted by Gasteiger charge is 2.22. The zero-order chi connectivity index (χ0) is 19.0. The minimum absolute atomic E-state index is 0.0937. The Morgan fingerprint density at radius 1 is 1.04 bits per heavy atom. The number of fused-ring (bicyclic) bond motifs is 1. The summed E-state index contributed by atoms with van der Waals surface area (Å²) in [5, 5.41) is 12.2. The number of hydrogen-bond acceptors (Lipinski definition) is 2. The summed E-state index contributed by atoms with van der Waals surface area (Å²) in [4.78, 5) is 11.9. The number of aliphatic hydroxyl groups is 1. The van der Waals surface area contributed by atoms with E-state index in [0.29, 0.717) is 6.42 Å². The van der Waals surface area contributed by atoms with Crippen molar-refractivity contribution in [1.82, 2.24) is 5.32 Å². The van der Waals surface area contributed by atoms with Crippen LogP contribution in [0.2, 0.25) is 0 Å². The zero-order valence-corrected chi connectivity index (χ0v) is 16.2. The highest BCUT2D eigenvalue weighted by atomic mass is 16.3. The molecular formula is C23H31NO2. The summed E-state index contributed by atoms with van der Waals surface area (Å²) >= 11 is 0. The summed E-state index contributed by atoms with van der Waals surface area (Å²) in [6.45, 7) is 5.12. The predicted octanol–water partition coefficient (Wildman–Crippen LogP) is 4.28. The zero-order valence-electron chi connectivity index (χ0n) is 16.2. The van der Waals surface area contributed by atoms with E-state index in [1.807, 2.05) is 37.3 Å². The Bertz CT molecular complexity index is 666. The van der Waals surface area contributed by atoms with Crippen molar-refractivity contribution < 1.29 is 9.90 Å². The van der Waals surface area contributed by atoms with Gasteiger partial charge in [0.2, 0.25) is 5.91 Å². The Kier molecular flexibility index (Phi) is 7.40. The second-order valence-corrected chi connectivity index (χ2v) is 7.47. The quantitative estimate of drug-likeness (QED) is 0.789. The normalized spacial score (nSPS) is 14.0. The van der Waals surface area contributed by atoms with E-state index in [1.54, 1.807) is 25.0 Å². The predicted molar refractivity (Wildman–Crippen MR) is 107 cm³/mol. The topological polar surface area (TPSA) is 49.3 Å². The van der Waals surface area contributed by atoms with E-state index >= 15 is 0 Å². The van der Waals surface area contributed by atoms with Gasteiger partial charge in [0, 0.05) is 5.92 Å². The Labute approximate surface area is 157 Å². The lowest BCUT2D eigenvalue weighted by atomic mass is 9.95. The van der Waals surface area contributed by atoms with Crippen molar-refractivity contribution in [2.45, 2.75) is 58.6 Å². The summed E-state index contributed by atoms with van der Waals surface area (Å²) in [5.74, 6) is -0.187. The van der Waals surface area contributed by atoms with Gasteiger partial charge >= 0.3 is 0 Å². The van der Waals surface area contributed by atoms with Crippen LogP contribution in [-0.4, -0.2) is 16.7 Å². The molecule has 2 N–H and O–H groups in total. The first kappa shape index (κ1) is 20.2. The molecule has 2 aromatic carbocycles. The monoisotopic (exact) mass is 353 g/mol. The number of benzene rings is 2.